The van der Waals surface area contributed by atoms with E-state index in [9.17, 15) is 14.4 Å². The first-order chi connectivity index (χ1) is 14.7. The Morgan fingerprint density at radius 3 is 2.61 bits per heavy atom. The summed E-state index contributed by atoms with van der Waals surface area (Å²) in [5.41, 5.74) is 3.13. The van der Waals surface area contributed by atoms with Crippen molar-refractivity contribution in [3.63, 3.8) is 0 Å². The highest BCUT2D eigenvalue weighted by molar-refractivity contribution is 6.02. The third kappa shape index (κ3) is 4.96. The Bertz CT molecular complexity index is 1060. The zero-order chi connectivity index (χ0) is 22.2. The Morgan fingerprint density at radius 1 is 1.16 bits per heavy atom. The van der Waals surface area contributed by atoms with Crippen LogP contribution in [0.5, 0.6) is 0 Å². The molecular weight excluding hydrogens is 390 g/mol. The van der Waals surface area contributed by atoms with Crippen LogP contribution in [0.25, 0.3) is 0 Å². The first kappa shape index (κ1) is 21.5. The number of carbonyl (C=O) groups is 2. The van der Waals surface area contributed by atoms with E-state index in [1.54, 1.807) is 0 Å². The van der Waals surface area contributed by atoms with Gasteiger partial charge in [-0.3, -0.25) is 19.3 Å². The van der Waals surface area contributed by atoms with Gasteiger partial charge in [-0.05, 0) is 43.2 Å². The number of hydrogen-bond donors (Lipinski definition) is 2. The van der Waals surface area contributed by atoms with E-state index in [1.165, 1.54) is 17.2 Å². The van der Waals surface area contributed by atoms with Crippen molar-refractivity contribution in [3.8, 4) is 0 Å². The van der Waals surface area contributed by atoms with Gasteiger partial charge >= 0.3 is 0 Å². The Labute approximate surface area is 183 Å². The fourth-order valence-corrected chi connectivity index (χ4v) is 4.76. The summed E-state index contributed by atoms with van der Waals surface area (Å²) in [5.74, 6) is -0.403. The number of nitrogens with one attached hydrogen (secondary N) is 2. The van der Waals surface area contributed by atoms with Crippen LogP contribution in [0.1, 0.15) is 70.6 Å². The molecule has 1 aromatic carbocycles. The van der Waals surface area contributed by atoms with E-state index < -0.39 is 5.56 Å². The number of nitrogens with zero attached hydrogens (tertiary/aromatic N) is 1. The maximum absolute atomic E-state index is 12.8. The van der Waals surface area contributed by atoms with E-state index in [4.69, 9.17) is 0 Å². The summed E-state index contributed by atoms with van der Waals surface area (Å²) in [6.45, 7) is 8.82. The fraction of sp³-hybridized carbons (Fsp3) is 0.480. The van der Waals surface area contributed by atoms with Gasteiger partial charge in [0.15, 0.2) is 5.78 Å². The summed E-state index contributed by atoms with van der Waals surface area (Å²) in [7, 11) is 0. The van der Waals surface area contributed by atoms with Gasteiger partial charge < -0.3 is 10.3 Å². The second kappa shape index (κ2) is 8.42. The number of H-pyrrole nitrogens is 1. The quantitative estimate of drug-likeness (QED) is 0.794. The summed E-state index contributed by atoms with van der Waals surface area (Å²) in [6, 6.07) is 10.1. The summed E-state index contributed by atoms with van der Waals surface area (Å²) in [5, 5.41) is 3.01. The van der Waals surface area contributed by atoms with Crippen molar-refractivity contribution in [1.29, 1.82) is 0 Å². The number of aromatic nitrogens is 1. The minimum atomic E-state index is -0.418. The van der Waals surface area contributed by atoms with Crippen LogP contribution in [-0.2, 0) is 13.0 Å². The summed E-state index contributed by atoms with van der Waals surface area (Å²) < 4.78 is 0. The van der Waals surface area contributed by atoms with Crippen molar-refractivity contribution >= 4 is 11.7 Å². The Balaban J connectivity index is 1.38. The lowest BCUT2D eigenvalue weighted by atomic mass is 9.75. The number of likely N-dealkylation sites (tertiary alicyclic amines) is 1. The predicted octanol–water partition coefficient (Wildman–Crippen LogP) is 3.23. The molecule has 2 aliphatic rings. The average molecular weight is 422 g/mol. The van der Waals surface area contributed by atoms with E-state index in [0.29, 0.717) is 24.1 Å². The smallest absolute Gasteiger partial charge is 0.261 e. The summed E-state index contributed by atoms with van der Waals surface area (Å²) in [6.07, 6.45) is 2.73. The molecule has 0 saturated carbocycles. The average Bonchev–Trinajstić information content (AvgIpc) is 2.68. The van der Waals surface area contributed by atoms with Crippen LogP contribution < -0.4 is 10.9 Å². The van der Waals surface area contributed by atoms with Crippen LogP contribution in [0.4, 0.5) is 0 Å². The lowest BCUT2D eigenvalue weighted by Crippen LogP contribution is -2.45. The van der Waals surface area contributed by atoms with Crippen LogP contribution in [0.3, 0.4) is 0 Å². The van der Waals surface area contributed by atoms with Crippen LogP contribution in [-0.4, -0.2) is 40.7 Å². The van der Waals surface area contributed by atoms with E-state index in [0.717, 1.165) is 32.5 Å². The third-order valence-corrected chi connectivity index (χ3v) is 6.37. The number of amides is 1. The second-order valence-corrected chi connectivity index (χ2v) is 9.86. The molecule has 1 aliphatic carbocycles. The van der Waals surface area contributed by atoms with E-state index >= 15 is 0 Å². The van der Waals surface area contributed by atoms with Gasteiger partial charge in [-0.1, -0.05) is 43.7 Å². The maximum Gasteiger partial charge on any atom is 0.261 e. The molecule has 31 heavy (non-hydrogen) atoms. The molecule has 1 aromatic heterocycles. The molecule has 4 rings (SSSR count). The molecule has 6 heteroatoms. The number of pyridine rings is 1. The SMILES string of the molecule is Cc1cccc(CN2CCC(NC(=O)c3cc4c([nH]c3=O)CC(C)(C)CC4=O)CC2)c1. The molecule has 2 heterocycles. The van der Waals surface area contributed by atoms with E-state index in [1.807, 2.05) is 13.8 Å². The first-order valence-corrected chi connectivity index (χ1v) is 11.1. The van der Waals surface area contributed by atoms with Gasteiger partial charge in [0.25, 0.3) is 11.5 Å². The number of carbonyl (C=O) groups excluding carboxylic acids is 2. The van der Waals surface area contributed by atoms with Crippen molar-refractivity contribution in [2.45, 2.75) is 59.0 Å². The van der Waals surface area contributed by atoms with Crippen molar-refractivity contribution in [3.05, 3.63) is 68.6 Å². The molecule has 1 fully saturated rings. The number of piperidine rings is 1. The topological polar surface area (TPSA) is 82.3 Å². The number of hydrogen-bond acceptors (Lipinski definition) is 4. The fourth-order valence-electron chi connectivity index (χ4n) is 4.76. The standard InChI is InChI=1S/C25H31N3O3/c1-16-5-4-6-17(11-16)15-28-9-7-18(8-10-28)26-23(30)20-12-19-21(27-24(20)31)13-25(2,3)14-22(19)29/h4-6,11-12,18H,7-10,13-15H2,1-3H3,(H,26,30)(H,27,31). The highest BCUT2D eigenvalue weighted by Crippen LogP contribution is 2.33. The predicted molar refractivity (Wildman–Crippen MR) is 120 cm³/mol. The maximum atomic E-state index is 12.8. The number of fused-ring (bicyclic) bond motifs is 1. The lowest BCUT2D eigenvalue weighted by molar-refractivity contribution is 0.0906. The molecule has 1 amide bonds. The number of aryl methyl sites for hydroxylation is 1. The van der Waals surface area contributed by atoms with Gasteiger partial charge in [-0.2, -0.15) is 0 Å². The second-order valence-electron chi connectivity index (χ2n) is 9.86. The Hall–Kier alpha value is -2.73. The summed E-state index contributed by atoms with van der Waals surface area (Å²) in [4.78, 5) is 43.1. The highest BCUT2D eigenvalue weighted by Gasteiger charge is 2.33. The molecule has 0 spiro atoms. The van der Waals surface area contributed by atoms with Gasteiger partial charge in [-0.15, -0.1) is 0 Å². The van der Waals surface area contributed by atoms with Crippen molar-refractivity contribution in [1.82, 2.24) is 15.2 Å². The minimum absolute atomic E-state index is 0.0130. The number of Topliss-reactive ketones (excluding diaryl/α,β-unsaturated/α-hetero) is 1. The van der Waals surface area contributed by atoms with Crippen molar-refractivity contribution in [2.75, 3.05) is 13.1 Å². The van der Waals surface area contributed by atoms with E-state index in [2.05, 4.69) is 46.4 Å². The normalized spacial score (nSPS) is 19.1. The first-order valence-electron chi connectivity index (χ1n) is 11.1. The largest absolute Gasteiger partial charge is 0.349 e. The van der Waals surface area contributed by atoms with Gasteiger partial charge in [-0.25, -0.2) is 0 Å². The molecule has 164 valence electrons. The number of ketones is 1. The van der Waals surface area contributed by atoms with E-state index in [-0.39, 0.29) is 28.7 Å². The minimum Gasteiger partial charge on any atom is -0.349 e. The van der Waals surface area contributed by atoms with Crippen molar-refractivity contribution in [2.24, 2.45) is 5.41 Å². The molecule has 0 bridgehead atoms. The molecule has 2 aromatic rings. The molecular formula is C25H31N3O3. The van der Waals surface area contributed by atoms with Crippen LogP contribution in [0, 0.1) is 12.3 Å². The lowest BCUT2D eigenvalue weighted by Gasteiger charge is -2.32. The third-order valence-electron chi connectivity index (χ3n) is 6.37. The molecule has 1 saturated heterocycles. The zero-order valence-corrected chi connectivity index (χ0v) is 18.6. The number of aromatic amines is 1. The van der Waals surface area contributed by atoms with Crippen LogP contribution >= 0.6 is 0 Å². The number of rotatable bonds is 4. The van der Waals surface area contributed by atoms with Gasteiger partial charge in [0.1, 0.15) is 5.56 Å². The zero-order valence-electron chi connectivity index (χ0n) is 18.6. The van der Waals surface area contributed by atoms with Crippen molar-refractivity contribution < 1.29 is 9.59 Å². The molecule has 6 nitrogen and oxygen atoms in total. The van der Waals surface area contributed by atoms with Gasteiger partial charge in [0, 0.05) is 43.4 Å². The summed E-state index contributed by atoms with van der Waals surface area (Å²) >= 11 is 0. The molecule has 0 radical (unpaired) electrons. The van der Waals surface area contributed by atoms with Gasteiger partial charge in [0.2, 0.25) is 0 Å². The Morgan fingerprint density at radius 2 is 1.90 bits per heavy atom. The van der Waals surface area contributed by atoms with Crippen LogP contribution in [0.15, 0.2) is 35.1 Å². The molecule has 1 aliphatic heterocycles. The van der Waals surface area contributed by atoms with Crippen LogP contribution in [0.2, 0.25) is 0 Å². The Kier molecular flexibility index (Phi) is 5.84. The number of benzene rings is 1. The van der Waals surface area contributed by atoms with Gasteiger partial charge in [0.05, 0.1) is 0 Å². The molecule has 0 unspecified atom stereocenters. The highest BCUT2D eigenvalue weighted by atomic mass is 16.2. The molecule has 0 atom stereocenters. The molecule has 2 N–H and O–H groups in total. The monoisotopic (exact) mass is 421 g/mol.